The van der Waals surface area contributed by atoms with Crippen molar-refractivity contribution in [1.82, 2.24) is 5.32 Å². The van der Waals surface area contributed by atoms with Gasteiger partial charge in [0.15, 0.2) is 0 Å². The first-order valence-corrected chi connectivity index (χ1v) is 12.1. The van der Waals surface area contributed by atoms with E-state index in [1.807, 2.05) is 87.5 Å². The van der Waals surface area contributed by atoms with Crippen LogP contribution in [0.4, 0.5) is 4.79 Å². The van der Waals surface area contributed by atoms with Crippen LogP contribution in [-0.4, -0.2) is 23.1 Å². The van der Waals surface area contributed by atoms with Gasteiger partial charge in [0.2, 0.25) is 0 Å². The third-order valence-corrected chi connectivity index (χ3v) is 5.63. The van der Waals surface area contributed by atoms with Crippen LogP contribution in [0.2, 0.25) is 0 Å². The topological polar surface area (TPSA) is 98.0 Å². The number of hydrogen-bond donors (Lipinski definition) is 2. The summed E-state index contributed by atoms with van der Waals surface area (Å²) in [5, 5.41) is 13.3. The number of furan rings is 1. The molecule has 192 valence electrons. The Morgan fingerprint density at radius 2 is 1.84 bits per heavy atom. The number of alkyl carbamates (subject to hydrolysis) is 1. The lowest BCUT2D eigenvalue weighted by molar-refractivity contribution is -0.107. The fourth-order valence-corrected chi connectivity index (χ4v) is 4.05. The van der Waals surface area contributed by atoms with Crippen molar-refractivity contribution < 1.29 is 28.6 Å². The summed E-state index contributed by atoms with van der Waals surface area (Å²) in [7, 11) is 0. The molecule has 4 aromatic rings. The van der Waals surface area contributed by atoms with Gasteiger partial charge in [-0.25, -0.2) is 4.79 Å². The van der Waals surface area contributed by atoms with Crippen molar-refractivity contribution in [2.24, 2.45) is 0 Å². The largest absolute Gasteiger partial charge is 0.489 e. The Bertz CT molecular complexity index is 1400. The summed E-state index contributed by atoms with van der Waals surface area (Å²) in [5.74, 6) is 1.13. The monoisotopic (exact) mass is 501 g/mol. The van der Waals surface area contributed by atoms with Crippen LogP contribution in [0.3, 0.4) is 0 Å². The molecule has 0 radical (unpaired) electrons. The summed E-state index contributed by atoms with van der Waals surface area (Å²) in [6, 6.07) is 21.1. The number of aliphatic hydroxyl groups is 1. The van der Waals surface area contributed by atoms with Gasteiger partial charge in [-0.2, -0.15) is 0 Å². The van der Waals surface area contributed by atoms with Crippen LogP contribution in [0.5, 0.6) is 5.75 Å². The smallest absolute Gasteiger partial charge is 0.407 e. The van der Waals surface area contributed by atoms with Crippen LogP contribution < -0.4 is 10.1 Å². The molecule has 0 fully saturated rings. The zero-order valence-corrected chi connectivity index (χ0v) is 21.2. The van der Waals surface area contributed by atoms with Gasteiger partial charge in [0.1, 0.15) is 42.2 Å². The number of hydrogen-bond acceptors (Lipinski definition) is 6. The second kappa shape index (κ2) is 11.3. The van der Waals surface area contributed by atoms with E-state index in [4.69, 9.17) is 13.9 Å². The Morgan fingerprint density at radius 3 is 2.59 bits per heavy atom. The molecule has 0 spiro atoms. The lowest BCUT2D eigenvalue weighted by Crippen LogP contribution is -2.32. The van der Waals surface area contributed by atoms with E-state index in [1.54, 1.807) is 0 Å². The van der Waals surface area contributed by atoms with Crippen molar-refractivity contribution in [1.29, 1.82) is 0 Å². The quantitative estimate of drug-likeness (QED) is 0.276. The maximum absolute atomic E-state index is 12.1. The highest BCUT2D eigenvalue weighted by molar-refractivity contribution is 5.93. The Labute approximate surface area is 216 Å². The van der Waals surface area contributed by atoms with Gasteiger partial charge in [-0.05, 0) is 67.8 Å². The van der Waals surface area contributed by atoms with Gasteiger partial charge in [0.05, 0.1) is 0 Å². The highest BCUT2D eigenvalue weighted by Crippen LogP contribution is 2.34. The summed E-state index contributed by atoms with van der Waals surface area (Å²) in [6.07, 6.45) is 0.665. The Morgan fingerprint density at radius 1 is 1.03 bits per heavy atom. The van der Waals surface area contributed by atoms with Gasteiger partial charge in [0, 0.05) is 29.5 Å². The molecule has 0 aliphatic rings. The highest BCUT2D eigenvalue weighted by atomic mass is 16.6. The molecule has 0 saturated heterocycles. The number of benzene rings is 3. The van der Waals surface area contributed by atoms with Crippen LogP contribution in [0, 0.1) is 0 Å². The number of fused-ring (bicyclic) bond motifs is 1. The summed E-state index contributed by atoms with van der Waals surface area (Å²) < 4.78 is 17.3. The predicted octanol–water partition coefficient (Wildman–Crippen LogP) is 5.94. The molecule has 0 aliphatic carbocycles. The maximum Gasteiger partial charge on any atom is 0.407 e. The molecule has 3 aromatic carbocycles. The summed E-state index contributed by atoms with van der Waals surface area (Å²) in [6.45, 7) is 5.85. The Hall–Kier alpha value is -4.10. The number of rotatable bonds is 9. The van der Waals surface area contributed by atoms with E-state index in [0.717, 1.165) is 39.5 Å². The minimum absolute atomic E-state index is 0.209. The van der Waals surface area contributed by atoms with Crippen molar-refractivity contribution in [2.75, 3.05) is 0 Å². The molecular formula is C30H31NO6. The van der Waals surface area contributed by atoms with Gasteiger partial charge in [0.25, 0.3) is 0 Å². The van der Waals surface area contributed by atoms with Crippen molar-refractivity contribution >= 4 is 23.3 Å². The number of para-hydroxylation sites is 1. The molecule has 7 heteroatoms. The molecule has 0 saturated carbocycles. The minimum atomic E-state index is -0.572. The molecule has 0 unspecified atom stereocenters. The van der Waals surface area contributed by atoms with E-state index < -0.39 is 11.7 Å². The first-order valence-electron chi connectivity index (χ1n) is 12.1. The summed E-state index contributed by atoms with van der Waals surface area (Å²) in [5.41, 5.74) is 4.46. The van der Waals surface area contributed by atoms with Crippen LogP contribution in [0.15, 0.2) is 71.1 Å². The Balaban J connectivity index is 1.62. The molecule has 4 rings (SSSR count). The van der Waals surface area contributed by atoms with Crippen LogP contribution >= 0.6 is 0 Å². The van der Waals surface area contributed by atoms with Crippen LogP contribution in [0.25, 0.3) is 22.1 Å². The summed E-state index contributed by atoms with van der Waals surface area (Å²) in [4.78, 5) is 23.1. The fourth-order valence-electron chi connectivity index (χ4n) is 4.05. The van der Waals surface area contributed by atoms with E-state index >= 15 is 0 Å². The van der Waals surface area contributed by atoms with Gasteiger partial charge < -0.3 is 29.1 Å². The highest BCUT2D eigenvalue weighted by Gasteiger charge is 2.17. The zero-order valence-electron chi connectivity index (χ0n) is 21.2. The number of amides is 1. The number of aliphatic hydroxyl groups excluding tert-OH is 1. The molecule has 0 aliphatic heterocycles. The lowest BCUT2D eigenvalue weighted by Gasteiger charge is -2.19. The van der Waals surface area contributed by atoms with Crippen molar-refractivity contribution in [3.05, 3.63) is 89.2 Å². The number of nitrogens with one attached hydrogen (secondary N) is 1. The SMILES string of the molecule is CC(C)(C)OC(=O)NCc1cccc(-c2cc(COc3ccccc3CC=O)cc3cc(CO)oc23)c1. The Kier molecular flexibility index (Phi) is 7.94. The van der Waals surface area contributed by atoms with Gasteiger partial charge in [-0.3, -0.25) is 0 Å². The number of ether oxygens (including phenoxy) is 2. The predicted molar refractivity (Wildman–Crippen MR) is 141 cm³/mol. The number of aldehydes is 1. The fraction of sp³-hybridized carbons (Fsp3) is 0.267. The van der Waals surface area contributed by atoms with Gasteiger partial charge >= 0.3 is 6.09 Å². The molecule has 0 atom stereocenters. The molecule has 1 aromatic heterocycles. The van der Waals surface area contributed by atoms with Crippen LogP contribution in [-0.2, 0) is 35.7 Å². The normalized spacial score (nSPS) is 11.4. The summed E-state index contributed by atoms with van der Waals surface area (Å²) >= 11 is 0. The molecule has 1 amide bonds. The minimum Gasteiger partial charge on any atom is -0.489 e. The van der Waals surface area contributed by atoms with E-state index in [1.165, 1.54) is 0 Å². The van der Waals surface area contributed by atoms with Gasteiger partial charge in [-0.1, -0.05) is 36.4 Å². The third kappa shape index (κ3) is 6.77. The first kappa shape index (κ1) is 26.0. The molecule has 37 heavy (non-hydrogen) atoms. The van der Waals surface area contributed by atoms with E-state index in [9.17, 15) is 14.7 Å². The lowest BCUT2D eigenvalue weighted by atomic mass is 9.99. The standard InChI is InChI=1S/C30H31NO6/c1-30(2,3)37-29(34)31-17-20-7-6-9-23(13-20)26-15-21(14-24-16-25(18-33)36-28(24)26)19-35-27-10-5-4-8-22(27)11-12-32/h4-10,12-16,33H,11,17-19H2,1-3H3,(H,31,34). The van der Waals surface area contributed by atoms with Gasteiger partial charge in [-0.15, -0.1) is 0 Å². The molecule has 7 nitrogen and oxygen atoms in total. The average molecular weight is 502 g/mol. The second-order valence-electron chi connectivity index (χ2n) is 9.76. The van der Waals surface area contributed by atoms with E-state index in [-0.39, 0.29) is 13.0 Å². The molecular weight excluding hydrogens is 470 g/mol. The van der Waals surface area contributed by atoms with Crippen molar-refractivity contribution in [3.63, 3.8) is 0 Å². The molecule has 1 heterocycles. The van der Waals surface area contributed by atoms with Crippen molar-refractivity contribution in [2.45, 2.75) is 52.6 Å². The number of carbonyl (C=O) groups excluding carboxylic acids is 2. The molecule has 0 bridgehead atoms. The van der Waals surface area contributed by atoms with E-state index in [2.05, 4.69) is 5.32 Å². The average Bonchev–Trinajstić information content (AvgIpc) is 3.29. The molecule has 2 N–H and O–H groups in total. The first-order chi connectivity index (χ1) is 17.8. The number of carbonyl (C=O) groups is 2. The van der Waals surface area contributed by atoms with Crippen molar-refractivity contribution in [3.8, 4) is 16.9 Å². The zero-order chi connectivity index (χ0) is 26.4. The third-order valence-electron chi connectivity index (χ3n) is 5.63. The maximum atomic E-state index is 12.1. The second-order valence-corrected chi connectivity index (χ2v) is 9.76. The van der Waals surface area contributed by atoms with Crippen LogP contribution in [0.1, 0.15) is 43.2 Å². The van der Waals surface area contributed by atoms with E-state index in [0.29, 0.717) is 30.2 Å².